The van der Waals surface area contributed by atoms with Gasteiger partial charge in [-0.2, -0.15) is 13.2 Å². The fraction of sp³-hybridized carbons (Fsp3) is 0.143. The van der Waals surface area contributed by atoms with E-state index in [9.17, 15) is 33.4 Å². The molecule has 1 N–H and O–H groups in total. The van der Waals surface area contributed by atoms with Crippen molar-refractivity contribution in [3.63, 3.8) is 0 Å². The highest BCUT2D eigenvalue weighted by atomic mass is 79.9. The van der Waals surface area contributed by atoms with Crippen molar-refractivity contribution in [2.75, 3.05) is 5.32 Å². The summed E-state index contributed by atoms with van der Waals surface area (Å²) in [6.07, 6.45) is -5.05. The molecule has 0 heterocycles. The average molecular weight is 499 g/mol. The van der Waals surface area contributed by atoms with Gasteiger partial charge in [0.05, 0.1) is 27.2 Å². The van der Waals surface area contributed by atoms with Crippen LogP contribution in [0.25, 0.3) is 0 Å². The van der Waals surface area contributed by atoms with Gasteiger partial charge >= 0.3 is 6.18 Å². The molecule has 0 aliphatic carbocycles. The zero-order valence-electron chi connectivity index (χ0n) is 12.7. The molecule has 7 nitrogen and oxygen atoms in total. The van der Waals surface area contributed by atoms with Gasteiger partial charge in [-0.1, -0.05) is 15.9 Å². The molecule has 0 saturated carbocycles. The Morgan fingerprint density at radius 3 is 2.08 bits per heavy atom. The van der Waals surface area contributed by atoms with Gasteiger partial charge in [-0.05, 0) is 40.5 Å². The maximum Gasteiger partial charge on any atom is 0.418 e. The number of hydrogen-bond donors (Lipinski definition) is 1. The molecule has 138 valence electrons. The van der Waals surface area contributed by atoms with Gasteiger partial charge in [0, 0.05) is 15.0 Å². The fourth-order valence-corrected chi connectivity index (χ4v) is 3.74. The largest absolute Gasteiger partial charge is 0.418 e. The van der Waals surface area contributed by atoms with Gasteiger partial charge in [-0.15, -0.1) is 0 Å². The Kier molecular flexibility index (Phi) is 5.56. The summed E-state index contributed by atoms with van der Waals surface area (Å²) >= 11 is 6.40. The van der Waals surface area contributed by atoms with Crippen LogP contribution >= 0.6 is 31.9 Å². The zero-order chi connectivity index (χ0) is 19.8. The third-order valence-corrected chi connectivity index (χ3v) is 4.40. The topological polar surface area (TPSA) is 98.3 Å². The molecule has 0 fully saturated rings. The van der Waals surface area contributed by atoms with Crippen LogP contribution < -0.4 is 5.32 Å². The average Bonchev–Trinajstić information content (AvgIpc) is 2.48. The minimum Gasteiger partial charge on any atom is -0.348 e. The van der Waals surface area contributed by atoms with Crippen molar-refractivity contribution in [2.45, 2.75) is 13.1 Å². The summed E-state index contributed by atoms with van der Waals surface area (Å²) in [6.45, 7) is 1.59. The van der Waals surface area contributed by atoms with E-state index in [2.05, 4.69) is 37.2 Å². The molecule has 0 aliphatic rings. The van der Waals surface area contributed by atoms with Gasteiger partial charge in [0.1, 0.15) is 5.69 Å². The molecule has 26 heavy (non-hydrogen) atoms. The van der Waals surface area contributed by atoms with E-state index in [0.717, 1.165) is 0 Å². The Bertz CT molecular complexity index is 896. The SMILES string of the molecule is Cc1cc(Br)cc(Br)c1Nc1c([N+](=O)[O-])cc([N+](=O)[O-])cc1C(F)(F)F. The summed E-state index contributed by atoms with van der Waals surface area (Å²) in [5.74, 6) is 0. The molecule has 2 aromatic carbocycles. The maximum atomic E-state index is 13.4. The Morgan fingerprint density at radius 2 is 1.62 bits per heavy atom. The summed E-state index contributed by atoms with van der Waals surface area (Å²) in [5.41, 5.74) is -3.81. The number of nitro groups is 2. The van der Waals surface area contributed by atoms with Gasteiger partial charge in [0.2, 0.25) is 0 Å². The van der Waals surface area contributed by atoms with E-state index >= 15 is 0 Å². The van der Waals surface area contributed by atoms with E-state index in [0.29, 0.717) is 20.6 Å². The van der Waals surface area contributed by atoms with Crippen molar-refractivity contribution in [1.82, 2.24) is 0 Å². The summed E-state index contributed by atoms with van der Waals surface area (Å²) in [6, 6.07) is 3.88. The molecular formula is C14H8Br2F3N3O4. The normalized spacial score (nSPS) is 11.3. The molecule has 0 aliphatic heterocycles. The highest BCUT2D eigenvalue weighted by molar-refractivity contribution is 9.11. The minimum atomic E-state index is -5.05. The van der Waals surface area contributed by atoms with Crippen LogP contribution in [0.2, 0.25) is 0 Å². The Balaban J connectivity index is 2.78. The molecule has 0 unspecified atom stereocenters. The lowest BCUT2D eigenvalue weighted by atomic mass is 10.1. The third-order valence-electron chi connectivity index (χ3n) is 3.32. The van der Waals surface area contributed by atoms with Crippen molar-refractivity contribution in [3.05, 3.63) is 64.6 Å². The summed E-state index contributed by atoms with van der Waals surface area (Å²) in [7, 11) is 0. The van der Waals surface area contributed by atoms with Gasteiger partial charge in [0.15, 0.2) is 0 Å². The fourth-order valence-electron chi connectivity index (χ4n) is 2.20. The highest BCUT2D eigenvalue weighted by Gasteiger charge is 2.40. The quantitative estimate of drug-likeness (QED) is 0.405. The number of hydrogen-bond acceptors (Lipinski definition) is 5. The molecule has 0 amide bonds. The number of halogens is 5. The third kappa shape index (κ3) is 4.12. The Hall–Kier alpha value is -2.21. The van der Waals surface area contributed by atoms with E-state index in [1.54, 1.807) is 19.1 Å². The molecule has 0 spiro atoms. The van der Waals surface area contributed by atoms with Crippen molar-refractivity contribution in [3.8, 4) is 0 Å². The highest BCUT2D eigenvalue weighted by Crippen LogP contribution is 2.45. The van der Waals surface area contributed by atoms with Crippen LogP contribution in [0.15, 0.2) is 33.2 Å². The van der Waals surface area contributed by atoms with E-state index in [4.69, 9.17) is 0 Å². The van der Waals surface area contributed by atoms with Gasteiger partial charge in [-0.3, -0.25) is 20.2 Å². The lowest BCUT2D eigenvalue weighted by molar-refractivity contribution is -0.394. The van der Waals surface area contributed by atoms with E-state index in [1.165, 1.54) is 0 Å². The molecule has 2 aromatic rings. The number of rotatable bonds is 4. The molecule has 0 aromatic heterocycles. The number of anilines is 2. The van der Waals surface area contributed by atoms with Crippen LogP contribution in [-0.2, 0) is 6.18 Å². The number of alkyl halides is 3. The van der Waals surface area contributed by atoms with Gasteiger partial charge < -0.3 is 5.32 Å². The molecular weight excluding hydrogens is 491 g/mol. The minimum absolute atomic E-state index is 0.163. The van der Waals surface area contributed by atoms with Crippen molar-refractivity contribution >= 4 is 54.6 Å². The van der Waals surface area contributed by atoms with Crippen LogP contribution in [0.1, 0.15) is 11.1 Å². The first-order valence-electron chi connectivity index (χ1n) is 6.68. The smallest absolute Gasteiger partial charge is 0.348 e. The predicted molar refractivity (Wildman–Crippen MR) is 94.6 cm³/mol. The number of nitro benzene ring substituents is 2. The standard InChI is InChI=1S/C14H8Br2F3N3O4/c1-6-2-7(15)3-10(16)12(6)20-13-9(14(17,18)19)4-8(21(23)24)5-11(13)22(25)26/h2-5,20H,1H3. The molecule has 0 bridgehead atoms. The Morgan fingerprint density at radius 1 is 1.00 bits per heavy atom. The lowest BCUT2D eigenvalue weighted by Gasteiger charge is -2.17. The zero-order valence-corrected chi connectivity index (χ0v) is 15.9. The van der Waals surface area contributed by atoms with Crippen LogP contribution in [0.3, 0.4) is 0 Å². The predicted octanol–water partition coefficient (Wildman–Crippen LogP) is 6.10. The number of non-ortho nitro benzene ring substituents is 1. The van der Waals surface area contributed by atoms with Crippen molar-refractivity contribution in [2.24, 2.45) is 0 Å². The number of aryl methyl sites for hydroxylation is 1. The lowest BCUT2D eigenvalue weighted by Crippen LogP contribution is -2.12. The second-order valence-electron chi connectivity index (χ2n) is 5.10. The maximum absolute atomic E-state index is 13.4. The van der Waals surface area contributed by atoms with Crippen molar-refractivity contribution in [1.29, 1.82) is 0 Å². The summed E-state index contributed by atoms with van der Waals surface area (Å²) in [5, 5.41) is 24.5. The van der Waals surface area contributed by atoms with E-state index in [-0.39, 0.29) is 11.8 Å². The van der Waals surface area contributed by atoms with Crippen LogP contribution in [-0.4, -0.2) is 9.85 Å². The van der Waals surface area contributed by atoms with Crippen LogP contribution in [0.5, 0.6) is 0 Å². The summed E-state index contributed by atoms with van der Waals surface area (Å²) in [4.78, 5) is 19.9. The first-order valence-corrected chi connectivity index (χ1v) is 8.27. The molecule has 2 rings (SSSR count). The molecule has 0 saturated heterocycles. The van der Waals surface area contributed by atoms with E-state index in [1.807, 2.05) is 0 Å². The number of benzene rings is 2. The van der Waals surface area contributed by atoms with Gasteiger partial charge in [-0.25, -0.2) is 0 Å². The van der Waals surface area contributed by atoms with E-state index < -0.39 is 38.6 Å². The molecule has 0 radical (unpaired) electrons. The molecule has 0 atom stereocenters. The monoisotopic (exact) mass is 497 g/mol. The summed E-state index contributed by atoms with van der Waals surface area (Å²) < 4.78 is 41.2. The Labute approximate surface area is 160 Å². The van der Waals surface area contributed by atoms with Crippen LogP contribution in [0.4, 0.5) is 35.9 Å². The second-order valence-corrected chi connectivity index (χ2v) is 6.87. The van der Waals surface area contributed by atoms with Crippen LogP contribution in [0, 0.1) is 27.2 Å². The van der Waals surface area contributed by atoms with Gasteiger partial charge in [0.25, 0.3) is 11.4 Å². The first-order chi connectivity index (χ1) is 11.9. The second kappa shape index (κ2) is 7.19. The molecule has 12 heteroatoms. The van der Waals surface area contributed by atoms with Crippen molar-refractivity contribution < 1.29 is 23.0 Å². The number of nitrogens with one attached hydrogen (secondary N) is 1. The first kappa shape index (κ1) is 20.1. The number of nitrogens with zero attached hydrogens (tertiary/aromatic N) is 2.